The van der Waals surface area contributed by atoms with E-state index >= 15 is 0 Å². The van der Waals surface area contributed by atoms with E-state index in [9.17, 15) is 4.79 Å². The fourth-order valence-corrected chi connectivity index (χ4v) is 1.61. The molecule has 0 spiro atoms. The monoisotopic (exact) mass is 201 g/mol. The minimum Gasteiger partial charge on any atom is -0.381 e. The fourth-order valence-electron chi connectivity index (χ4n) is 1.61. The van der Waals surface area contributed by atoms with Gasteiger partial charge in [0.2, 0.25) is 5.91 Å². The second-order valence-electron chi connectivity index (χ2n) is 3.93. The number of rotatable bonds is 3. The standard InChI is InChI=1S/C9H19N3O2/c1-12(2)11-8(13)9(7-10)3-5-14-6-4-9/h3-7,10H2,1-2H3,(H,11,13). The smallest absolute Gasteiger partial charge is 0.241 e. The van der Waals surface area contributed by atoms with Crippen LogP contribution < -0.4 is 11.2 Å². The van der Waals surface area contributed by atoms with Gasteiger partial charge < -0.3 is 10.5 Å². The minimum absolute atomic E-state index is 0.00769. The van der Waals surface area contributed by atoms with Crippen LogP contribution in [0.15, 0.2) is 0 Å². The third-order valence-corrected chi connectivity index (χ3v) is 2.65. The Hall–Kier alpha value is -0.650. The van der Waals surface area contributed by atoms with Crippen molar-refractivity contribution in [1.82, 2.24) is 10.4 Å². The zero-order valence-corrected chi connectivity index (χ0v) is 8.88. The van der Waals surface area contributed by atoms with Crippen LogP contribution >= 0.6 is 0 Å². The molecule has 82 valence electrons. The molecule has 0 saturated carbocycles. The highest BCUT2D eigenvalue weighted by molar-refractivity contribution is 5.82. The third-order valence-electron chi connectivity index (χ3n) is 2.65. The zero-order valence-electron chi connectivity index (χ0n) is 8.88. The lowest BCUT2D eigenvalue weighted by molar-refractivity contribution is -0.140. The Morgan fingerprint density at radius 3 is 2.50 bits per heavy atom. The highest BCUT2D eigenvalue weighted by Gasteiger charge is 2.38. The summed E-state index contributed by atoms with van der Waals surface area (Å²) >= 11 is 0. The van der Waals surface area contributed by atoms with Crippen LogP contribution in [0.1, 0.15) is 12.8 Å². The van der Waals surface area contributed by atoms with Gasteiger partial charge in [-0.15, -0.1) is 0 Å². The molecule has 0 aromatic carbocycles. The van der Waals surface area contributed by atoms with E-state index in [0.717, 1.165) is 0 Å². The molecule has 3 N–H and O–H groups in total. The molecule has 0 aromatic heterocycles. The van der Waals surface area contributed by atoms with Gasteiger partial charge in [-0.25, -0.2) is 5.01 Å². The van der Waals surface area contributed by atoms with Crippen LogP contribution in [-0.2, 0) is 9.53 Å². The molecule has 14 heavy (non-hydrogen) atoms. The first kappa shape index (κ1) is 11.4. The number of carbonyl (C=O) groups is 1. The first-order chi connectivity index (χ1) is 6.60. The van der Waals surface area contributed by atoms with Gasteiger partial charge in [0, 0.05) is 33.9 Å². The number of nitrogens with one attached hydrogen (secondary N) is 1. The van der Waals surface area contributed by atoms with Gasteiger partial charge in [-0.05, 0) is 12.8 Å². The van der Waals surface area contributed by atoms with Crippen molar-refractivity contribution < 1.29 is 9.53 Å². The van der Waals surface area contributed by atoms with E-state index in [0.29, 0.717) is 32.6 Å². The Kier molecular flexibility index (Phi) is 3.86. The summed E-state index contributed by atoms with van der Waals surface area (Å²) in [7, 11) is 3.59. The predicted octanol–water partition coefficient (Wildman–Crippen LogP) is -0.665. The molecular weight excluding hydrogens is 182 g/mol. The Morgan fingerprint density at radius 1 is 1.50 bits per heavy atom. The van der Waals surface area contributed by atoms with Gasteiger partial charge in [0.1, 0.15) is 0 Å². The maximum Gasteiger partial charge on any atom is 0.241 e. The molecule has 1 aliphatic rings. The molecule has 5 nitrogen and oxygen atoms in total. The van der Waals surface area contributed by atoms with E-state index in [4.69, 9.17) is 10.5 Å². The third kappa shape index (κ3) is 2.43. The molecule has 1 saturated heterocycles. The molecule has 0 aromatic rings. The summed E-state index contributed by atoms with van der Waals surface area (Å²) in [6, 6.07) is 0. The number of carbonyl (C=O) groups excluding carboxylic acids is 1. The van der Waals surface area contributed by atoms with Crippen LogP contribution in [0.3, 0.4) is 0 Å². The molecule has 0 unspecified atom stereocenters. The van der Waals surface area contributed by atoms with E-state index in [1.807, 2.05) is 0 Å². The van der Waals surface area contributed by atoms with Crippen molar-refractivity contribution in [1.29, 1.82) is 0 Å². The van der Waals surface area contributed by atoms with Crippen molar-refractivity contribution in [3.8, 4) is 0 Å². The van der Waals surface area contributed by atoms with Crippen molar-refractivity contribution in [2.24, 2.45) is 11.1 Å². The number of nitrogens with zero attached hydrogens (tertiary/aromatic N) is 1. The Balaban J connectivity index is 2.62. The molecule has 1 fully saturated rings. The SMILES string of the molecule is CN(C)NC(=O)C1(CN)CCOCC1. The van der Waals surface area contributed by atoms with Crippen LogP contribution in [0.4, 0.5) is 0 Å². The van der Waals surface area contributed by atoms with Crippen LogP contribution in [0, 0.1) is 5.41 Å². The van der Waals surface area contributed by atoms with Gasteiger partial charge in [-0.2, -0.15) is 0 Å². The molecule has 5 heteroatoms. The highest BCUT2D eigenvalue weighted by atomic mass is 16.5. The number of hydrazine groups is 1. The fraction of sp³-hybridized carbons (Fsp3) is 0.889. The van der Waals surface area contributed by atoms with Crippen molar-refractivity contribution in [2.45, 2.75) is 12.8 Å². The maximum atomic E-state index is 11.9. The van der Waals surface area contributed by atoms with Gasteiger partial charge in [0.15, 0.2) is 0 Å². The molecule has 1 aliphatic heterocycles. The zero-order chi connectivity index (χ0) is 10.6. The van der Waals surface area contributed by atoms with E-state index in [2.05, 4.69) is 5.43 Å². The number of amides is 1. The van der Waals surface area contributed by atoms with Gasteiger partial charge in [-0.3, -0.25) is 10.2 Å². The molecule has 1 amide bonds. The lowest BCUT2D eigenvalue weighted by Crippen LogP contribution is -2.52. The van der Waals surface area contributed by atoms with E-state index in [1.54, 1.807) is 19.1 Å². The maximum absolute atomic E-state index is 11.9. The van der Waals surface area contributed by atoms with Crippen LogP contribution in [0.2, 0.25) is 0 Å². The summed E-state index contributed by atoms with van der Waals surface area (Å²) in [5.74, 6) is 0.00769. The summed E-state index contributed by atoms with van der Waals surface area (Å²) in [6.07, 6.45) is 1.42. The molecular formula is C9H19N3O2. The summed E-state index contributed by atoms with van der Waals surface area (Å²) in [5, 5.41) is 1.65. The lowest BCUT2D eigenvalue weighted by atomic mass is 9.79. The molecule has 1 heterocycles. The van der Waals surface area contributed by atoms with Gasteiger partial charge in [-0.1, -0.05) is 0 Å². The normalized spacial score (nSPS) is 20.9. The minimum atomic E-state index is -0.428. The topological polar surface area (TPSA) is 67.6 Å². The Bertz CT molecular complexity index is 200. The average Bonchev–Trinajstić information content (AvgIpc) is 2.18. The van der Waals surface area contributed by atoms with Gasteiger partial charge in [0.25, 0.3) is 0 Å². The molecule has 0 radical (unpaired) electrons. The van der Waals surface area contributed by atoms with Crippen molar-refractivity contribution >= 4 is 5.91 Å². The van der Waals surface area contributed by atoms with E-state index in [-0.39, 0.29) is 5.91 Å². The molecule has 0 atom stereocenters. The van der Waals surface area contributed by atoms with E-state index in [1.165, 1.54) is 0 Å². The Morgan fingerprint density at radius 2 is 2.07 bits per heavy atom. The van der Waals surface area contributed by atoms with E-state index < -0.39 is 5.41 Å². The van der Waals surface area contributed by atoms with Crippen molar-refractivity contribution in [3.05, 3.63) is 0 Å². The van der Waals surface area contributed by atoms with Crippen LogP contribution in [-0.4, -0.2) is 44.8 Å². The largest absolute Gasteiger partial charge is 0.381 e. The predicted molar refractivity (Wildman–Crippen MR) is 53.4 cm³/mol. The van der Waals surface area contributed by atoms with Crippen molar-refractivity contribution in [2.75, 3.05) is 33.9 Å². The summed E-state index contributed by atoms with van der Waals surface area (Å²) in [6.45, 7) is 1.63. The number of ether oxygens (including phenoxy) is 1. The molecule has 0 aliphatic carbocycles. The Labute approximate surface area is 84.5 Å². The number of hydrogen-bond acceptors (Lipinski definition) is 4. The summed E-state index contributed by atoms with van der Waals surface area (Å²) in [4.78, 5) is 11.9. The average molecular weight is 201 g/mol. The first-order valence-corrected chi connectivity index (χ1v) is 4.87. The van der Waals surface area contributed by atoms with Gasteiger partial charge in [0.05, 0.1) is 5.41 Å². The lowest BCUT2D eigenvalue weighted by Gasteiger charge is -2.35. The first-order valence-electron chi connectivity index (χ1n) is 4.87. The highest BCUT2D eigenvalue weighted by Crippen LogP contribution is 2.29. The number of hydrogen-bond donors (Lipinski definition) is 2. The quantitative estimate of drug-likeness (QED) is 0.595. The molecule has 0 bridgehead atoms. The van der Waals surface area contributed by atoms with Crippen molar-refractivity contribution in [3.63, 3.8) is 0 Å². The summed E-state index contributed by atoms with van der Waals surface area (Å²) < 4.78 is 5.23. The van der Waals surface area contributed by atoms with Crippen LogP contribution in [0.25, 0.3) is 0 Å². The number of nitrogens with two attached hydrogens (primary N) is 1. The molecule has 1 rings (SSSR count). The second-order valence-corrected chi connectivity index (χ2v) is 3.93. The van der Waals surface area contributed by atoms with Crippen LogP contribution in [0.5, 0.6) is 0 Å². The summed E-state index contributed by atoms with van der Waals surface area (Å²) in [5.41, 5.74) is 8.01. The van der Waals surface area contributed by atoms with Gasteiger partial charge >= 0.3 is 0 Å². The second kappa shape index (κ2) is 4.72.